The zero-order valence-corrected chi connectivity index (χ0v) is 12.9. The van der Waals surface area contributed by atoms with E-state index in [0.717, 1.165) is 5.56 Å². The Kier molecular flexibility index (Phi) is 5.20. The van der Waals surface area contributed by atoms with Crippen molar-refractivity contribution >= 4 is 11.8 Å². The van der Waals surface area contributed by atoms with Gasteiger partial charge in [-0.05, 0) is 36.6 Å². The Hall–Kier alpha value is -2.30. The topological polar surface area (TPSA) is 60.9 Å². The van der Waals surface area contributed by atoms with Crippen LogP contribution in [0.15, 0.2) is 36.9 Å². The number of hydrogen-bond acceptors (Lipinski definition) is 3. The maximum Gasteiger partial charge on any atom is 0.245 e. The Labute approximate surface area is 130 Å². The minimum Gasteiger partial charge on any atom is -0.508 e. The first kappa shape index (κ1) is 16.1. The summed E-state index contributed by atoms with van der Waals surface area (Å²) >= 11 is 0. The van der Waals surface area contributed by atoms with E-state index in [1.165, 1.54) is 6.08 Å². The summed E-state index contributed by atoms with van der Waals surface area (Å²) in [6.45, 7) is 5.15. The van der Waals surface area contributed by atoms with Gasteiger partial charge in [0.15, 0.2) is 0 Å². The van der Waals surface area contributed by atoms with Crippen molar-refractivity contribution in [3.63, 3.8) is 0 Å². The smallest absolute Gasteiger partial charge is 0.245 e. The van der Waals surface area contributed by atoms with E-state index in [0.29, 0.717) is 32.5 Å². The predicted molar refractivity (Wildman–Crippen MR) is 84.1 cm³/mol. The molecule has 1 aliphatic rings. The highest BCUT2D eigenvalue weighted by atomic mass is 16.3. The molecule has 5 nitrogen and oxygen atoms in total. The fraction of sp³-hybridized carbons (Fsp3) is 0.412. The highest BCUT2D eigenvalue weighted by molar-refractivity contribution is 5.87. The van der Waals surface area contributed by atoms with Crippen molar-refractivity contribution in [3.05, 3.63) is 42.5 Å². The Balaban J connectivity index is 1.89. The van der Waals surface area contributed by atoms with Crippen LogP contribution in [0.4, 0.5) is 0 Å². The standard InChI is InChI=1S/C17H22N2O3/c1-3-16(21)19-9-7-14(8-10-19)17(22)18(2)12-13-5-4-6-15(20)11-13/h3-6,11,14,20H,1,7-10,12H2,2H3. The number of phenolic OH excluding ortho intramolecular Hbond substituents is 1. The van der Waals surface area contributed by atoms with Crippen LogP contribution in [0.1, 0.15) is 18.4 Å². The largest absolute Gasteiger partial charge is 0.508 e. The fourth-order valence-corrected chi connectivity index (χ4v) is 2.79. The van der Waals surface area contributed by atoms with Gasteiger partial charge >= 0.3 is 0 Å². The lowest BCUT2D eigenvalue weighted by molar-refractivity contribution is -0.138. The summed E-state index contributed by atoms with van der Waals surface area (Å²) in [7, 11) is 1.77. The van der Waals surface area contributed by atoms with Gasteiger partial charge in [-0.15, -0.1) is 0 Å². The summed E-state index contributed by atoms with van der Waals surface area (Å²) in [6, 6.07) is 6.92. The Bertz CT molecular complexity index is 563. The zero-order valence-electron chi connectivity index (χ0n) is 12.9. The lowest BCUT2D eigenvalue weighted by atomic mass is 9.95. The number of hydrogen-bond donors (Lipinski definition) is 1. The molecule has 0 aromatic heterocycles. The van der Waals surface area contributed by atoms with Crippen LogP contribution in [-0.4, -0.2) is 46.9 Å². The Morgan fingerprint density at radius 2 is 2.09 bits per heavy atom. The minimum absolute atomic E-state index is 0.0452. The van der Waals surface area contributed by atoms with Gasteiger partial charge in [-0.3, -0.25) is 9.59 Å². The van der Waals surface area contributed by atoms with Crippen molar-refractivity contribution in [2.75, 3.05) is 20.1 Å². The number of phenols is 1. The molecule has 1 heterocycles. The van der Waals surface area contributed by atoms with Crippen LogP contribution in [0.3, 0.4) is 0 Å². The number of benzene rings is 1. The van der Waals surface area contributed by atoms with Crippen LogP contribution in [0, 0.1) is 5.92 Å². The summed E-state index contributed by atoms with van der Waals surface area (Å²) in [4.78, 5) is 27.4. The second kappa shape index (κ2) is 7.11. The summed E-state index contributed by atoms with van der Waals surface area (Å²) < 4.78 is 0. The van der Waals surface area contributed by atoms with Crippen molar-refractivity contribution in [1.29, 1.82) is 0 Å². The lowest BCUT2D eigenvalue weighted by Crippen LogP contribution is -2.42. The summed E-state index contributed by atoms with van der Waals surface area (Å²) in [5.74, 6) is 0.179. The second-order valence-corrected chi connectivity index (χ2v) is 5.67. The van der Waals surface area contributed by atoms with Crippen LogP contribution in [0.2, 0.25) is 0 Å². The van der Waals surface area contributed by atoms with Gasteiger partial charge in [0.1, 0.15) is 5.75 Å². The molecule has 0 radical (unpaired) electrons. The van der Waals surface area contributed by atoms with E-state index in [4.69, 9.17) is 0 Å². The molecule has 1 aliphatic heterocycles. The zero-order chi connectivity index (χ0) is 16.1. The molecule has 0 spiro atoms. The van der Waals surface area contributed by atoms with E-state index >= 15 is 0 Å². The summed E-state index contributed by atoms with van der Waals surface area (Å²) in [6.07, 6.45) is 2.68. The lowest BCUT2D eigenvalue weighted by Gasteiger charge is -2.32. The van der Waals surface area contributed by atoms with Gasteiger partial charge in [-0.25, -0.2) is 0 Å². The molecule has 22 heavy (non-hydrogen) atoms. The maximum absolute atomic E-state index is 12.5. The van der Waals surface area contributed by atoms with Crippen LogP contribution >= 0.6 is 0 Å². The average molecular weight is 302 g/mol. The molecule has 0 aliphatic carbocycles. The monoisotopic (exact) mass is 302 g/mol. The van der Waals surface area contributed by atoms with Crippen molar-refractivity contribution in [2.45, 2.75) is 19.4 Å². The number of amides is 2. The third-order valence-electron chi connectivity index (χ3n) is 4.04. The molecule has 2 rings (SSSR count). The number of carbonyl (C=O) groups is 2. The number of aromatic hydroxyl groups is 1. The van der Waals surface area contributed by atoms with Gasteiger partial charge < -0.3 is 14.9 Å². The molecule has 1 N–H and O–H groups in total. The highest BCUT2D eigenvalue weighted by Crippen LogP contribution is 2.21. The van der Waals surface area contributed by atoms with Gasteiger partial charge in [0.2, 0.25) is 11.8 Å². The van der Waals surface area contributed by atoms with Crippen molar-refractivity contribution in [2.24, 2.45) is 5.92 Å². The Morgan fingerprint density at radius 1 is 1.41 bits per heavy atom. The molecule has 1 saturated heterocycles. The fourth-order valence-electron chi connectivity index (χ4n) is 2.79. The average Bonchev–Trinajstić information content (AvgIpc) is 2.53. The van der Waals surface area contributed by atoms with Gasteiger partial charge in [-0.2, -0.15) is 0 Å². The van der Waals surface area contributed by atoms with Crippen molar-refractivity contribution in [1.82, 2.24) is 9.80 Å². The Morgan fingerprint density at radius 3 is 2.68 bits per heavy atom. The van der Waals surface area contributed by atoms with Crippen LogP contribution < -0.4 is 0 Å². The maximum atomic E-state index is 12.5. The van der Waals surface area contributed by atoms with Crippen molar-refractivity contribution in [3.8, 4) is 5.75 Å². The molecule has 1 aromatic carbocycles. The van der Waals surface area contributed by atoms with Gasteiger partial charge in [0.25, 0.3) is 0 Å². The van der Waals surface area contributed by atoms with E-state index in [9.17, 15) is 14.7 Å². The van der Waals surface area contributed by atoms with Crippen molar-refractivity contribution < 1.29 is 14.7 Å². The van der Waals surface area contributed by atoms with Gasteiger partial charge in [-0.1, -0.05) is 18.7 Å². The molecule has 1 fully saturated rings. The first-order valence-electron chi connectivity index (χ1n) is 7.45. The molecule has 1 aromatic rings. The van der Waals surface area contributed by atoms with Crippen LogP contribution in [-0.2, 0) is 16.1 Å². The van der Waals surface area contributed by atoms with E-state index < -0.39 is 0 Å². The molecule has 118 valence electrons. The van der Waals surface area contributed by atoms with E-state index in [1.807, 2.05) is 6.07 Å². The molecule has 0 saturated carbocycles. The van der Waals surface area contributed by atoms with Crippen LogP contribution in [0.25, 0.3) is 0 Å². The quantitative estimate of drug-likeness (QED) is 0.862. The second-order valence-electron chi connectivity index (χ2n) is 5.67. The molecule has 5 heteroatoms. The molecule has 0 atom stereocenters. The molecule has 2 amide bonds. The minimum atomic E-state index is -0.0704. The number of nitrogens with zero attached hydrogens (tertiary/aromatic N) is 2. The first-order chi connectivity index (χ1) is 10.5. The number of carbonyl (C=O) groups excluding carboxylic acids is 2. The first-order valence-corrected chi connectivity index (χ1v) is 7.45. The molecular weight excluding hydrogens is 280 g/mol. The summed E-state index contributed by atoms with van der Waals surface area (Å²) in [5, 5.41) is 9.47. The van der Waals surface area contributed by atoms with Gasteiger partial charge in [0.05, 0.1) is 0 Å². The van der Waals surface area contributed by atoms with E-state index in [-0.39, 0.29) is 23.5 Å². The number of piperidine rings is 1. The van der Waals surface area contributed by atoms with Crippen LogP contribution in [0.5, 0.6) is 5.75 Å². The molecule has 0 unspecified atom stereocenters. The third kappa shape index (κ3) is 3.87. The number of rotatable bonds is 4. The SMILES string of the molecule is C=CC(=O)N1CCC(C(=O)N(C)Cc2cccc(O)c2)CC1. The summed E-state index contributed by atoms with van der Waals surface area (Å²) in [5.41, 5.74) is 0.898. The number of likely N-dealkylation sites (tertiary alicyclic amines) is 1. The third-order valence-corrected chi connectivity index (χ3v) is 4.04. The molecular formula is C17H22N2O3. The van der Waals surface area contributed by atoms with Gasteiger partial charge in [0, 0.05) is 32.6 Å². The normalized spacial score (nSPS) is 15.4. The predicted octanol–water partition coefficient (Wildman–Crippen LogP) is 1.78. The highest BCUT2D eigenvalue weighted by Gasteiger charge is 2.28. The van der Waals surface area contributed by atoms with E-state index in [1.54, 1.807) is 35.0 Å². The molecule has 0 bridgehead atoms. The van der Waals surface area contributed by atoms with E-state index in [2.05, 4.69) is 6.58 Å².